The fraction of sp³-hybridized carbons (Fsp3) is 0.100. The highest BCUT2D eigenvalue weighted by molar-refractivity contribution is 6.62. The van der Waals surface area contributed by atoms with Gasteiger partial charge in [-0.1, -0.05) is 23.7 Å². The van der Waals surface area contributed by atoms with E-state index in [4.69, 9.17) is 26.4 Å². The van der Waals surface area contributed by atoms with Crippen LogP contribution in [0, 0.1) is 0 Å². The molecule has 2 N–H and O–H groups in total. The maximum Gasteiger partial charge on any atom is 0.491 e. The topological polar surface area (TPSA) is 62.6 Å². The number of hydrogen-bond acceptors (Lipinski definition) is 4. The van der Waals surface area contributed by atoms with E-state index in [1.165, 1.54) is 0 Å². The van der Waals surface area contributed by atoms with Gasteiger partial charge in [0.05, 0.1) is 7.11 Å². The predicted octanol–water partition coefficient (Wildman–Crippen LogP) is 0.577. The maximum absolute atomic E-state index is 9.09. The summed E-state index contributed by atoms with van der Waals surface area (Å²) < 4.78 is 5.14. The lowest BCUT2D eigenvalue weighted by Crippen LogP contribution is -2.31. The molecule has 0 aliphatic carbocycles. The molecule has 2 rings (SSSR count). The fourth-order valence-corrected chi connectivity index (χ4v) is 1.75. The van der Waals surface area contributed by atoms with Crippen molar-refractivity contribution in [1.82, 2.24) is 4.98 Å². The number of rotatable bonds is 2. The Morgan fingerprint density at radius 3 is 2.75 bits per heavy atom. The number of benzene rings is 1. The van der Waals surface area contributed by atoms with E-state index >= 15 is 0 Å². The normalized spacial score (nSPS) is 10.5. The van der Waals surface area contributed by atoms with Gasteiger partial charge in [0.25, 0.3) is 0 Å². The zero-order valence-electron chi connectivity index (χ0n) is 8.51. The molecule has 0 unspecified atom stereocenters. The van der Waals surface area contributed by atoms with Gasteiger partial charge in [0.2, 0.25) is 0 Å². The number of aromatic nitrogens is 1. The first kappa shape index (κ1) is 11.2. The molecule has 0 bridgehead atoms. The van der Waals surface area contributed by atoms with Crippen molar-refractivity contribution in [2.45, 2.75) is 0 Å². The van der Waals surface area contributed by atoms with Crippen LogP contribution in [0.3, 0.4) is 0 Å². The van der Waals surface area contributed by atoms with Crippen LogP contribution >= 0.6 is 11.6 Å². The first-order chi connectivity index (χ1) is 7.63. The molecular formula is C10H9BClNO3. The van der Waals surface area contributed by atoms with Crippen molar-refractivity contribution in [3.63, 3.8) is 0 Å². The monoisotopic (exact) mass is 237 g/mol. The number of fused-ring (bicyclic) bond motifs is 1. The van der Waals surface area contributed by atoms with Gasteiger partial charge in [0.1, 0.15) is 16.4 Å². The van der Waals surface area contributed by atoms with Gasteiger partial charge in [-0.2, -0.15) is 0 Å². The summed E-state index contributed by atoms with van der Waals surface area (Å²) in [5.74, 6) is 0.596. The molecule has 82 valence electrons. The molecule has 0 aliphatic rings. The van der Waals surface area contributed by atoms with E-state index in [0.717, 1.165) is 5.39 Å². The van der Waals surface area contributed by atoms with E-state index in [1.54, 1.807) is 31.4 Å². The van der Waals surface area contributed by atoms with Crippen LogP contribution in [0.25, 0.3) is 10.9 Å². The van der Waals surface area contributed by atoms with E-state index < -0.39 is 7.12 Å². The van der Waals surface area contributed by atoms with E-state index in [2.05, 4.69) is 4.98 Å². The molecule has 0 saturated carbocycles. The van der Waals surface area contributed by atoms with E-state index in [0.29, 0.717) is 11.3 Å². The highest BCUT2D eigenvalue weighted by atomic mass is 35.5. The highest BCUT2D eigenvalue weighted by Gasteiger charge is 2.18. The first-order valence-electron chi connectivity index (χ1n) is 4.63. The molecule has 6 heteroatoms. The number of pyridine rings is 1. The van der Waals surface area contributed by atoms with Crippen molar-refractivity contribution in [2.75, 3.05) is 7.11 Å². The second-order valence-corrected chi connectivity index (χ2v) is 3.63. The lowest BCUT2D eigenvalue weighted by atomic mass is 9.81. The lowest BCUT2D eigenvalue weighted by Gasteiger charge is -2.07. The number of nitrogens with zero attached hydrogens (tertiary/aromatic N) is 1. The average molecular weight is 237 g/mol. The Hall–Kier alpha value is -1.30. The molecule has 0 atom stereocenters. The molecule has 0 amide bonds. The van der Waals surface area contributed by atoms with Gasteiger partial charge in [-0.3, -0.25) is 0 Å². The van der Waals surface area contributed by atoms with E-state index in [9.17, 15) is 0 Å². The number of halogens is 1. The van der Waals surface area contributed by atoms with Gasteiger partial charge in [-0.05, 0) is 12.1 Å². The Morgan fingerprint density at radius 2 is 2.12 bits per heavy atom. The summed E-state index contributed by atoms with van der Waals surface area (Å²) >= 11 is 5.84. The summed E-state index contributed by atoms with van der Waals surface area (Å²) in [4.78, 5) is 4.09. The molecule has 16 heavy (non-hydrogen) atoms. The van der Waals surface area contributed by atoms with Crippen molar-refractivity contribution in [2.24, 2.45) is 0 Å². The minimum absolute atomic E-state index is 0.0620. The maximum atomic E-state index is 9.09. The van der Waals surface area contributed by atoms with Gasteiger partial charge in [-0.15, -0.1) is 0 Å². The summed E-state index contributed by atoms with van der Waals surface area (Å²) in [5, 5.41) is 19.0. The van der Waals surface area contributed by atoms with Crippen LogP contribution in [0.2, 0.25) is 5.15 Å². The first-order valence-corrected chi connectivity index (χ1v) is 5.00. The minimum atomic E-state index is -1.63. The quantitative estimate of drug-likeness (QED) is 0.592. The third-order valence-corrected chi connectivity index (χ3v) is 2.59. The molecule has 0 saturated heterocycles. The van der Waals surface area contributed by atoms with Gasteiger partial charge < -0.3 is 14.8 Å². The van der Waals surface area contributed by atoms with Gasteiger partial charge in [0, 0.05) is 10.8 Å². The van der Waals surface area contributed by atoms with E-state index in [1.807, 2.05) is 0 Å². The van der Waals surface area contributed by atoms with Crippen molar-refractivity contribution < 1.29 is 14.8 Å². The van der Waals surface area contributed by atoms with Gasteiger partial charge in [0.15, 0.2) is 0 Å². The molecule has 0 aliphatic heterocycles. The second kappa shape index (κ2) is 4.29. The zero-order chi connectivity index (χ0) is 11.7. The number of hydrogen-bond donors (Lipinski definition) is 2. The van der Waals surface area contributed by atoms with Crippen LogP contribution in [0.5, 0.6) is 5.75 Å². The van der Waals surface area contributed by atoms with E-state index in [-0.39, 0.29) is 10.6 Å². The molecule has 0 radical (unpaired) electrons. The van der Waals surface area contributed by atoms with Crippen molar-refractivity contribution >= 4 is 35.1 Å². The summed E-state index contributed by atoms with van der Waals surface area (Å²) in [6, 6.07) is 6.94. The molecule has 4 nitrogen and oxygen atoms in total. The highest BCUT2D eigenvalue weighted by Crippen LogP contribution is 2.24. The van der Waals surface area contributed by atoms with Crippen LogP contribution in [-0.2, 0) is 0 Å². The predicted molar refractivity (Wildman–Crippen MR) is 63.1 cm³/mol. The molecule has 2 aromatic rings. The van der Waals surface area contributed by atoms with Gasteiger partial charge in [-0.25, -0.2) is 4.98 Å². The Kier molecular flexibility index (Phi) is 3.00. The van der Waals surface area contributed by atoms with Crippen LogP contribution in [0.4, 0.5) is 0 Å². The zero-order valence-corrected chi connectivity index (χ0v) is 9.27. The van der Waals surface area contributed by atoms with Crippen molar-refractivity contribution in [3.05, 3.63) is 29.4 Å². The SMILES string of the molecule is COc1cccc2cc(B(O)O)c(Cl)nc12. The minimum Gasteiger partial charge on any atom is -0.494 e. The summed E-state index contributed by atoms with van der Waals surface area (Å²) in [7, 11) is -0.0882. The molecule has 0 spiro atoms. The number of ether oxygens (including phenoxy) is 1. The Labute approximate surface area is 97.6 Å². The third-order valence-electron chi connectivity index (χ3n) is 2.29. The van der Waals surface area contributed by atoms with Crippen molar-refractivity contribution in [1.29, 1.82) is 0 Å². The standard InChI is InChI=1S/C10H9BClNO3/c1-16-8-4-2-3-6-5-7(11(14)15)10(12)13-9(6)8/h2-5,14-15H,1H3. The van der Waals surface area contributed by atoms with Crippen molar-refractivity contribution in [3.8, 4) is 5.75 Å². The third kappa shape index (κ3) is 1.85. The molecule has 1 aromatic carbocycles. The Bertz CT molecular complexity index is 533. The van der Waals surface area contributed by atoms with Gasteiger partial charge >= 0.3 is 7.12 Å². The summed E-state index contributed by atoms with van der Waals surface area (Å²) in [6.07, 6.45) is 0. The Balaban J connectivity index is 2.73. The summed E-state index contributed by atoms with van der Waals surface area (Å²) in [6.45, 7) is 0. The second-order valence-electron chi connectivity index (χ2n) is 3.27. The van der Waals surface area contributed by atoms with Crippen LogP contribution in [0.15, 0.2) is 24.3 Å². The number of para-hydroxylation sites is 1. The lowest BCUT2D eigenvalue weighted by molar-refractivity contribution is 0.418. The average Bonchev–Trinajstić information content (AvgIpc) is 2.27. The molecule has 1 aromatic heterocycles. The molecular weight excluding hydrogens is 228 g/mol. The largest absolute Gasteiger partial charge is 0.494 e. The van der Waals surface area contributed by atoms with Crippen LogP contribution < -0.4 is 10.2 Å². The van der Waals surface area contributed by atoms with Crippen LogP contribution in [0.1, 0.15) is 0 Å². The van der Waals surface area contributed by atoms with Crippen LogP contribution in [-0.4, -0.2) is 29.3 Å². The smallest absolute Gasteiger partial charge is 0.491 e. The summed E-state index contributed by atoms with van der Waals surface area (Å²) in [5.41, 5.74) is 0.779. The number of methoxy groups -OCH3 is 1. The molecule has 0 fully saturated rings. The Morgan fingerprint density at radius 1 is 1.38 bits per heavy atom. The molecule has 1 heterocycles. The fourth-order valence-electron chi connectivity index (χ4n) is 1.51.